The van der Waals surface area contributed by atoms with Crippen molar-refractivity contribution in [2.24, 2.45) is 5.92 Å². The van der Waals surface area contributed by atoms with E-state index >= 15 is 0 Å². The molecule has 0 atom stereocenters. The van der Waals surface area contributed by atoms with Crippen molar-refractivity contribution in [3.8, 4) is 0 Å². The van der Waals surface area contributed by atoms with Crippen molar-refractivity contribution in [3.05, 3.63) is 37.9 Å². The van der Waals surface area contributed by atoms with E-state index in [0.29, 0.717) is 12.5 Å². The molecule has 0 aromatic heterocycles. The number of nitro benzene ring substituents is 1. The molecule has 0 saturated carbocycles. The highest BCUT2D eigenvalue weighted by molar-refractivity contribution is 6.44. The van der Waals surface area contributed by atoms with Gasteiger partial charge in [0.2, 0.25) is 0 Å². The fourth-order valence-electron chi connectivity index (χ4n) is 1.76. The molecule has 1 N–H and O–H groups in total. The second kappa shape index (κ2) is 7.45. The van der Waals surface area contributed by atoms with Gasteiger partial charge in [-0.15, -0.1) is 0 Å². The Morgan fingerprint density at radius 1 is 1.35 bits per heavy atom. The molecular formula is C13H16Cl2N2O3. The molecule has 110 valence electrons. The third-order valence-corrected chi connectivity index (χ3v) is 3.98. The SMILES string of the molecule is CCC(CC)CNC(=O)c1cc([N+](=O)[O-])cc(Cl)c1Cl. The van der Waals surface area contributed by atoms with E-state index in [2.05, 4.69) is 5.32 Å². The van der Waals surface area contributed by atoms with Crippen molar-refractivity contribution in [1.82, 2.24) is 5.32 Å². The molecule has 0 heterocycles. The zero-order valence-electron chi connectivity index (χ0n) is 11.3. The predicted octanol–water partition coefficient (Wildman–Crippen LogP) is 4.07. The van der Waals surface area contributed by atoms with E-state index in [1.807, 2.05) is 13.8 Å². The van der Waals surface area contributed by atoms with Crippen LogP contribution in [0.1, 0.15) is 37.0 Å². The molecule has 20 heavy (non-hydrogen) atoms. The van der Waals surface area contributed by atoms with Gasteiger partial charge in [0, 0.05) is 18.7 Å². The molecule has 0 saturated heterocycles. The Balaban J connectivity index is 2.95. The fourth-order valence-corrected chi connectivity index (χ4v) is 2.16. The van der Waals surface area contributed by atoms with E-state index < -0.39 is 10.8 Å². The quantitative estimate of drug-likeness (QED) is 0.634. The van der Waals surface area contributed by atoms with Gasteiger partial charge in [-0.3, -0.25) is 14.9 Å². The summed E-state index contributed by atoms with van der Waals surface area (Å²) in [7, 11) is 0. The number of carbonyl (C=O) groups is 1. The Morgan fingerprint density at radius 3 is 2.45 bits per heavy atom. The first-order chi connectivity index (χ1) is 9.40. The Hall–Kier alpha value is -1.33. The number of carbonyl (C=O) groups excluding carboxylic acids is 1. The lowest BCUT2D eigenvalue weighted by molar-refractivity contribution is -0.384. The lowest BCUT2D eigenvalue weighted by atomic mass is 10.0. The highest BCUT2D eigenvalue weighted by atomic mass is 35.5. The van der Waals surface area contributed by atoms with E-state index in [1.54, 1.807) is 0 Å². The molecule has 1 aromatic rings. The number of nitrogens with one attached hydrogen (secondary N) is 1. The Morgan fingerprint density at radius 2 is 1.95 bits per heavy atom. The molecular weight excluding hydrogens is 303 g/mol. The van der Waals surface area contributed by atoms with Gasteiger partial charge in [-0.1, -0.05) is 49.9 Å². The summed E-state index contributed by atoms with van der Waals surface area (Å²) >= 11 is 11.7. The highest BCUT2D eigenvalue weighted by Crippen LogP contribution is 2.30. The van der Waals surface area contributed by atoms with Gasteiger partial charge < -0.3 is 5.32 Å². The van der Waals surface area contributed by atoms with Crippen LogP contribution in [0.15, 0.2) is 12.1 Å². The molecule has 0 fully saturated rings. The third-order valence-electron chi connectivity index (χ3n) is 3.17. The van der Waals surface area contributed by atoms with Crippen LogP contribution in [0, 0.1) is 16.0 Å². The molecule has 1 rings (SSSR count). The standard InChI is InChI=1S/C13H16Cl2N2O3/c1-3-8(4-2)7-16-13(18)10-5-9(17(19)20)6-11(14)12(10)15/h5-6,8H,3-4,7H2,1-2H3,(H,16,18). The maximum Gasteiger partial charge on any atom is 0.271 e. The van der Waals surface area contributed by atoms with Crippen molar-refractivity contribution < 1.29 is 9.72 Å². The maximum absolute atomic E-state index is 12.1. The second-order valence-corrected chi connectivity index (χ2v) is 5.22. The topological polar surface area (TPSA) is 72.2 Å². The summed E-state index contributed by atoms with van der Waals surface area (Å²) in [5.41, 5.74) is -0.232. The van der Waals surface area contributed by atoms with Crippen LogP contribution in [-0.4, -0.2) is 17.4 Å². The van der Waals surface area contributed by atoms with E-state index in [4.69, 9.17) is 23.2 Å². The van der Waals surface area contributed by atoms with Crippen molar-refractivity contribution in [1.29, 1.82) is 0 Å². The van der Waals surface area contributed by atoms with Crippen molar-refractivity contribution in [2.75, 3.05) is 6.54 Å². The number of nitrogens with zero attached hydrogens (tertiary/aromatic N) is 1. The summed E-state index contributed by atoms with van der Waals surface area (Å²) < 4.78 is 0. The summed E-state index contributed by atoms with van der Waals surface area (Å²) in [6.07, 6.45) is 1.89. The van der Waals surface area contributed by atoms with E-state index in [1.165, 1.54) is 0 Å². The normalized spacial score (nSPS) is 10.7. The van der Waals surface area contributed by atoms with E-state index in [0.717, 1.165) is 25.0 Å². The second-order valence-electron chi connectivity index (χ2n) is 4.44. The van der Waals surface area contributed by atoms with E-state index in [-0.39, 0.29) is 21.3 Å². The highest BCUT2D eigenvalue weighted by Gasteiger charge is 2.19. The molecule has 0 aliphatic rings. The minimum atomic E-state index is -0.611. The van der Waals surface area contributed by atoms with Crippen LogP contribution in [-0.2, 0) is 0 Å². The molecule has 0 aliphatic carbocycles. The van der Waals surface area contributed by atoms with Crippen LogP contribution in [0.3, 0.4) is 0 Å². The average molecular weight is 319 g/mol. The van der Waals surface area contributed by atoms with Crippen LogP contribution >= 0.6 is 23.2 Å². The van der Waals surface area contributed by atoms with Crippen LogP contribution in [0.5, 0.6) is 0 Å². The molecule has 0 aliphatic heterocycles. The smallest absolute Gasteiger partial charge is 0.271 e. The van der Waals surface area contributed by atoms with Crippen molar-refractivity contribution in [3.63, 3.8) is 0 Å². The van der Waals surface area contributed by atoms with Gasteiger partial charge in [-0.2, -0.15) is 0 Å². The summed E-state index contributed by atoms with van der Waals surface area (Å²) in [4.78, 5) is 22.2. The van der Waals surface area contributed by atoms with Gasteiger partial charge >= 0.3 is 0 Å². The first-order valence-electron chi connectivity index (χ1n) is 6.32. The number of nitro groups is 1. The lowest BCUT2D eigenvalue weighted by Crippen LogP contribution is -2.29. The number of benzene rings is 1. The molecule has 0 bridgehead atoms. The third kappa shape index (κ3) is 4.08. The summed E-state index contributed by atoms with van der Waals surface area (Å²) in [6.45, 7) is 4.58. The number of non-ortho nitro benzene ring substituents is 1. The van der Waals surface area contributed by atoms with Crippen LogP contribution in [0.2, 0.25) is 10.0 Å². The molecule has 1 aromatic carbocycles. The maximum atomic E-state index is 12.1. The molecule has 7 heteroatoms. The Labute approximate surface area is 127 Å². The Kier molecular flexibility index (Phi) is 6.23. The number of hydrogen-bond acceptors (Lipinski definition) is 3. The van der Waals surface area contributed by atoms with Crippen LogP contribution < -0.4 is 5.32 Å². The fraction of sp³-hybridized carbons (Fsp3) is 0.462. The van der Waals surface area contributed by atoms with Crippen LogP contribution in [0.25, 0.3) is 0 Å². The molecule has 1 amide bonds. The monoisotopic (exact) mass is 318 g/mol. The first-order valence-corrected chi connectivity index (χ1v) is 7.07. The zero-order valence-corrected chi connectivity index (χ0v) is 12.8. The minimum absolute atomic E-state index is 0.00597. The minimum Gasteiger partial charge on any atom is -0.352 e. The van der Waals surface area contributed by atoms with Gasteiger partial charge in [0.15, 0.2) is 0 Å². The zero-order chi connectivity index (χ0) is 15.3. The lowest BCUT2D eigenvalue weighted by Gasteiger charge is -2.14. The largest absolute Gasteiger partial charge is 0.352 e. The number of hydrogen-bond donors (Lipinski definition) is 1. The number of rotatable bonds is 6. The first kappa shape index (κ1) is 16.7. The average Bonchev–Trinajstić information content (AvgIpc) is 2.42. The Bertz CT molecular complexity index is 517. The summed E-state index contributed by atoms with van der Waals surface area (Å²) in [5, 5.41) is 13.5. The van der Waals surface area contributed by atoms with Crippen LogP contribution in [0.4, 0.5) is 5.69 Å². The summed E-state index contributed by atoms with van der Waals surface area (Å²) in [6, 6.07) is 2.26. The van der Waals surface area contributed by atoms with Gasteiger partial charge in [0.1, 0.15) is 0 Å². The molecule has 0 spiro atoms. The molecule has 0 radical (unpaired) electrons. The summed E-state index contributed by atoms with van der Waals surface area (Å²) in [5.74, 6) is -0.0839. The van der Waals surface area contributed by atoms with Crippen molar-refractivity contribution >= 4 is 34.8 Å². The number of amides is 1. The van der Waals surface area contributed by atoms with Crippen molar-refractivity contribution in [2.45, 2.75) is 26.7 Å². The van der Waals surface area contributed by atoms with Gasteiger partial charge in [-0.25, -0.2) is 0 Å². The number of halogens is 2. The van der Waals surface area contributed by atoms with Gasteiger partial charge in [0.25, 0.3) is 11.6 Å². The van der Waals surface area contributed by atoms with E-state index in [9.17, 15) is 14.9 Å². The molecule has 0 unspecified atom stereocenters. The van der Waals surface area contributed by atoms with Gasteiger partial charge in [-0.05, 0) is 5.92 Å². The predicted molar refractivity (Wildman–Crippen MR) is 79.5 cm³/mol. The molecule has 5 nitrogen and oxygen atoms in total. The van der Waals surface area contributed by atoms with Gasteiger partial charge in [0.05, 0.1) is 20.5 Å².